The fraction of sp³-hybridized carbons (Fsp3) is 0.143. The number of carbonyl (C=O) groups is 1. The Kier molecular flexibility index (Phi) is 6.03. The van der Waals surface area contributed by atoms with Gasteiger partial charge in [0.15, 0.2) is 6.29 Å². The zero-order valence-corrected chi connectivity index (χ0v) is 17.6. The monoisotopic (exact) mass is 409 g/mol. The Bertz CT molecular complexity index is 1130. The molecule has 0 atom stereocenters. The zero-order valence-electron chi connectivity index (χ0n) is 17.6. The van der Waals surface area contributed by atoms with Crippen LogP contribution in [-0.2, 0) is 0 Å². The lowest BCUT2D eigenvalue weighted by atomic mass is 9.85. The van der Waals surface area contributed by atoms with Crippen LogP contribution in [0.25, 0.3) is 11.1 Å². The lowest BCUT2D eigenvalue weighted by molar-refractivity contribution is 0.112. The number of rotatable bonds is 6. The second kappa shape index (κ2) is 9.05. The standard InChI is InChI=1S/C28H24FNO/c1-19(2)28-25(18-31)24(20-13-15-23(29)16-14-20)17-26(30-28)27(21-9-5-3-6-10-21)22-11-7-4-8-12-22/h3-19,27H,1-2H3. The van der Waals surface area contributed by atoms with Gasteiger partial charge in [-0.25, -0.2) is 4.39 Å². The van der Waals surface area contributed by atoms with Crippen molar-refractivity contribution in [1.82, 2.24) is 4.98 Å². The van der Waals surface area contributed by atoms with Crippen molar-refractivity contribution in [2.24, 2.45) is 0 Å². The van der Waals surface area contributed by atoms with E-state index in [1.807, 2.05) is 56.3 Å². The molecule has 0 aliphatic rings. The van der Waals surface area contributed by atoms with E-state index in [1.165, 1.54) is 12.1 Å². The molecule has 3 aromatic carbocycles. The van der Waals surface area contributed by atoms with Crippen LogP contribution >= 0.6 is 0 Å². The third kappa shape index (κ3) is 4.31. The minimum atomic E-state index is -0.304. The molecule has 0 N–H and O–H groups in total. The molecule has 2 nitrogen and oxygen atoms in total. The van der Waals surface area contributed by atoms with E-state index in [4.69, 9.17) is 4.98 Å². The van der Waals surface area contributed by atoms with E-state index in [2.05, 4.69) is 24.3 Å². The molecule has 31 heavy (non-hydrogen) atoms. The molecule has 0 spiro atoms. The zero-order chi connectivity index (χ0) is 21.8. The van der Waals surface area contributed by atoms with E-state index in [-0.39, 0.29) is 17.7 Å². The molecule has 0 unspecified atom stereocenters. The lowest BCUT2D eigenvalue weighted by Crippen LogP contribution is -2.11. The maximum absolute atomic E-state index is 13.6. The Morgan fingerprint density at radius 2 is 1.35 bits per heavy atom. The van der Waals surface area contributed by atoms with Crippen LogP contribution in [0.4, 0.5) is 4.39 Å². The van der Waals surface area contributed by atoms with Gasteiger partial charge in [-0.15, -0.1) is 0 Å². The fourth-order valence-corrected chi connectivity index (χ4v) is 4.00. The van der Waals surface area contributed by atoms with Crippen molar-refractivity contribution in [1.29, 1.82) is 0 Å². The highest BCUT2D eigenvalue weighted by atomic mass is 19.1. The number of benzene rings is 3. The van der Waals surface area contributed by atoms with E-state index in [0.717, 1.165) is 39.9 Å². The summed E-state index contributed by atoms with van der Waals surface area (Å²) in [5.41, 5.74) is 6.01. The van der Waals surface area contributed by atoms with Gasteiger partial charge in [0.2, 0.25) is 0 Å². The SMILES string of the molecule is CC(C)c1nc(C(c2ccccc2)c2ccccc2)cc(-c2ccc(F)cc2)c1C=O. The third-order valence-electron chi connectivity index (χ3n) is 5.49. The first-order valence-corrected chi connectivity index (χ1v) is 10.4. The second-order valence-electron chi connectivity index (χ2n) is 7.93. The smallest absolute Gasteiger partial charge is 0.152 e. The number of halogens is 1. The van der Waals surface area contributed by atoms with Gasteiger partial charge in [-0.2, -0.15) is 0 Å². The van der Waals surface area contributed by atoms with Gasteiger partial charge in [0, 0.05) is 5.56 Å². The summed E-state index contributed by atoms with van der Waals surface area (Å²) in [6.45, 7) is 4.07. The normalized spacial score (nSPS) is 11.1. The number of carbonyl (C=O) groups excluding carboxylic acids is 1. The van der Waals surface area contributed by atoms with Crippen LogP contribution in [-0.4, -0.2) is 11.3 Å². The Morgan fingerprint density at radius 3 is 1.84 bits per heavy atom. The number of aromatic nitrogens is 1. The van der Waals surface area contributed by atoms with Crippen molar-refractivity contribution in [3.05, 3.63) is 125 Å². The van der Waals surface area contributed by atoms with Gasteiger partial charge in [0.25, 0.3) is 0 Å². The molecule has 154 valence electrons. The van der Waals surface area contributed by atoms with E-state index >= 15 is 0 Å². The van der Waals surface area contributed by atoms with Crippen LogP contribution in [0.3, 0.4) is 0 Å². The van der Waals surface area contributed by atoms with Crippen molar-refractivity contribution >= 4 is 6.29 Å². The van der Waals surface area contributed by atoms with E-state index < -0.39 is 0 Å². The van der Waals surface area contributed by atoms with Crippen molar-refractivity contribution in [3.8, 4) is 11.1 Å². The molecular weight excluding hydrogens is 385 g/mol. The average Bonchev–Trinajstić information content (AvgIpc) is 2.80. The van der Waals surface area contributed by atoms with Gasteiger partial charge in [-0.3, -0.25) is 9.78 Å². The predicted octanol–water partition coefficient (Wildman–Crippen LogP) is 7.00. The summed E-state index contributed by atoms with van der Waals surface area (Å²) >= 11 is 0. The number of hydrogen-bond donors (Lipinski definition) is 0. The molecule has 0 bridgehead atoms. The highest BCUT2D eigenvalue weighted by molar-refractivity contribution is 5.89. The van der Waals surface area contributed by atoms with Gasteiger partial charge in [0.05, 0.1) is 17.3 Å². The molecule has 0 aliphatic carbocycles. The van der Waals surface area contributed by atoms with Gasteiger partial charge in [-0.1, -0.05) is 86.6 Å². The number of nitrogens with zero attached hydrogens (tertiary/aromatic N) is 1. The summed E-state index contributed by atoms with van der Waals surface area (Å²) < 4.78 is 13.6. The molecule has 0 fully saturated rings. The Hall–Kier alpha value is -3.59. The van der Waals surface area contributed by atoms with Crippen molar-refractivity contribution in [2.75, 3.05) is 0 Å². The molecule has 0 amide bonds. The highest BCUT2D eigenvalue weighted by Crippen LogP contribution is 2.36. The quantitative estimate of drug-likeness (QED) is 0.321. The van der Waals surface area contributed by atoms with Crippen molar-refractivity contribution in [2.45, 2.75) is 25.7 Å². The minimum absolute atomic E-state index is 0.0616. The summed E-state index contributed by atoms with van der Waals surface area (Å²) in [4.78, 5) is 17.1. The third-order valence-corrected chi connectivity index (χ3v) is 5.49. The average molecular weight is 410 g/mol. The molecule has 4 aromatic rings. The van der Waals surface area contributed by atoms with E-state index in [1.54, 1.807) is 12.1 Å². The topological polar surface area (TPSA) is 30.0 Å². The van der Waals surface area contributed by atoms with Gasteiger partial charge < -0.3 is 0 Å². The van der Waals surface area contributed by atoms with Crippen LogP contribution in [0.2, 0.25) is 0 Å². The second-order valence-corrected chi connectivity index (χ2v) is 7.93. The van der Waals surface area contributed by atoms with Gasteiger partial charge in [0.1, 0.15) is 5.82 Å². The fourth-order valence-electron chi connectivity index (χ4n) is 4.00. The Morgan fingerprint density at radius 1 is 0.806 bits per heavy atom. The van der Waals surface area contributed by atoms with Crippen LogP contribution in [0.15, 0.2) is 91.0 Å². The largest absolute Gasteiger partial charge is 0.298 e. The minimum Gasteiger partial charge on any atom is -0.298 e. The molecule has 3 heteroatoms. The maximum atomic E-state index is 13.6. The first-order chi connectivity index (χ1) is 15.1. The number of aldehydes is 1. The molecule has 0 radical (unpaired) electrons. The summed E-state index contributed by atoms with van der Waals surface area (Å²) in [5, 5.41) is 0. The first-order valence-electron chi connectivity index (χ1n) is 10.4. The van der Waals surface area contributed by atoms with E-state index in [9.17, 15) is 9.18 Å². The summed E-state index contributed by atoms with van der Waals surface area (Å²) in [5.74, 6) is -0.326. The summed E-state index contributed by atoms with van der Waals surface area (Å²) in [7, 11) is 0. The number of hydrogen-bond acceptors (Lipinski definition) is 2. The molecule has 0 saturated carbocycles. The van der Waals surface area contributed by atoms with Gasteiger partial charge >= 0.3 is 0 Å². The van der Waals surface area contributed by atoms with Crippen LogP contribution in [0.1, 0.15) is 58.6 Å². The first kappa shape index (κ1) is 20.7. The molecule has 0 saturated heterocycles. The maximum Gasteiger partial charge on any atom is 0.152 e. The summed E-state index contributed by atoms with van der Waals surface area (Å²) in [6, 6.07) is 28.7. The van der Waals surface area contributed by atoms with Gasteiger partial charge in [-0.05, 0) is 46.4 Å². The number of pyridine rings is 1. The molecule has 1 aromatic heterocycles. The Balaban J connectivity index is 2.00. The molecule has 4 rings (SSSR count). The van der Waals surface area contributed by atoms with Crippen LogP contribution in [0.5, 0.6) is 0 Å². The highest BCUT2D eigenvalue weighted by Gasteiger charge is 2.23. The predicted molar refractivity (Wildman–Crippen MR) is 123 cm³/mol. The molecular formula is C28H24FNO. The van der Waals surface area contributed by atoms with Crippen LogP contribution < -0.4 is 0 Å². The lowest BCUT2D eigenvalue weighted by Gasteiger charge is -2.22. The van der Waals surface area contributed by atoms with Crippen molar-refractivity contribution in [3.63, 3.8) is 0 Å². The Labute approximate surface area is 182 Å². The van der Waals surface area contributed by atoms with E-state index in [0.29, 0.717) is 5.56 Å². The van der Waals surface area contributed by atoms with Crippen LogP contribution in [0, 0.1) is 5.82 Å². The molecule has 1 heterocycles. The summed E-state index contributed by atoms with van der Waals surface area (Å²) in [6.07, 6.45) is 0.866. The van der Waals surface area contributed by atoms with Crippen molar-refractivity contribution < 1.29 is 9.18 Å². The molecule has 0 aliphatic heterocycles.